The fourth-order valence-electron chi connectivity index (χ4n) is 1.18. The second-order valence-corrected chi connectivity index (χ2v) is 3.03. The fraction of sp³-hybridized carbons (Fsp3) is 0.333. The van der Waals surface area contributed by atoms with E-state index >= 15 is 0 Å². The molecule has 1 aromatic heterocycles. The second-order valence-electron chi connectivity index (χ2n) is 3.03. The summed E-state index contributed by atoms with van der Waals surface area (Å²) in [5.41, 5.74) is 1.08. The summed E-state index contributed by atoms with van der Waals surface area (Å²) < 4.78 is 0. The summed E-state index contributed by atoms with van der Waals surface area (Å²) in [5.74, 6) is -0.429. The average Bonchev–Trinajstić information content (AvgIpc) is 2.87. The number of pyridine rings is 1. The number of aromatic nitrogens is 1. The van der Waals surface area contributed by atoms with Crippen LogP contribution < -0.4 is 0 Å². The van der Waals surface area contributed by atoms with Gasteiger partial charge in [0.1, 0.15) is 5.69 Å². The summed E-state index contributed by atoms with van der Waals surface area (Å²) in [6.07, 6.45) is 2.30. The molecule has 63 valence electrons. The van der Waals surface area contributed by atoms with Gasteiger partial charge in [-0.15, -0.1) is 0 Å². The number of hydrogen-bond acceptors (Lipinski definition) is 2. The molecule has 0 spiro atoms. The molecule has 3 nitrogen and oxygen atoms in total. The molecule has 0 bridgehead atoms. The van der Waals surface area contributed by atoms with Crippen LogP contribution in [0.1, 0.15) is 34.9 Å². The summed E-state index contributed by atoms with van der Waals surface area (Å²) in [6, 6.07) is 5.17. The Morgan fingerprint density at radius 3 is 2.69 bits per heavy atom. The summed E-state index contributed by atoms with van der Waals surface area (Å²) >= 11 is 0. The van der Waals surface area contributed by atoms with E-state index in [0.29, 0.717) is 5.92 Å². The van der Waals surface area contributed by atoms with E-state index in [-0.39, 0.29) is 24.6 Å². The van der Waals surface area contributed by atoms with Crippen molar-refractivity contribution < 1.29 is 9.90 Å². The van der Waals surface area contributed by atoms with Crippen LogP contribution in [-0.2, 0) is 0 Å². The molecule has 0 unspecified atom stereocenters. The van der Waals surface area contributed by atoms with Crippen molar-refractivity contribution in [1.82, 2.24) is 4.98 Å². The van der Waals surface area contributed by atoms with Crippen molar-refractivity contribution in [2.24, 2.45) is 0 Å². The Hall–Kier alpha value is -0.783. The molecule has 1 saturated carbocycles. The Morgan fingerprint density at radius 2 is 2.15 bits per heavy atom. The van der Waals surface area contributed by atoms with Crippen LogP contribution in [0.25, 0.3) is 0 Å². The number of carboxylic acid groups (broad SMARTS) is 1. The predicted octanol–water partition coefficient (Wildman–Crippen LogP) is 1.28. The van der Waals surface area contributed by atoms with Crippen molar-refractivity contribution in [3.05, 3.63) is 29.6 Å². The predicted molar refractivity (Wildman–Crippen MR) is 48.9 cm³/mol. The fourth-order valence-corrected chi connectivity index (χ4v) is 1.18. The first-order valence-electron chi connectivity index (χ1n) is 3.97. The van der Waals surface area contributed by atoms with Crippen molar-refractivity contribution >= 4 is 24.8 Å². The van der Waals surface area contributed by atoms with Gasteiger partial charge in [-0.2, -0.15) is 0 Å². The summed E-state index contributed by atoms with van der Waals surface area (Å²) in [4.78, 5) is 14.6. The molecule has 1 aliphatic rings. The molecule has 0 saturated heterocycles. The maximum atomic E-state index is 10.5. The van der Waals surface area contributed by atoms with Crippen LogP contribution in [0.5, 0.6) is 0 Å². The second kappa shape index (κ2) is 3.95. The average molecular weight is 170 g/mol. The molecule has 1 aromatic rings. The third-order valence-electron chi connectivity index (χ3n) is 1.99. The number of aromatic carboxylic acids is 1. The van der Waals surface area contributed by atoms with Crippen molar-refractivity contribution in [1.29, 1.82) is 0 Å². The van der Waals surface area contributed by atoms with E-state index in [9.17, 15) is 4.79 Å². The molecule has 1 heterocycles. The summed E-state index contributed by atoms with van der Waals surface area (Å²) in [6.45, 7) is 0. The van der Waals surface area contributed by atoms with Crippen LogP contribution >= 0.6 is 0 Å². The quantitative estimate of drug-likeness (QED) is 0.680. The van der Waals surface area contributed by atoms with Crippen LogP contribution in [0.3, 0.4) is 0 Å². The van der Waals surface area contributed by atoms with Crippen LogP contribution in [0.15, 0.2) is 18.2 Å². The first-order valence-corrected chi connectivity index (χ1v) is 3.97. The molecule has 4 heteroatoms. The van der Waals surface area contributed by atoms with E-state index in [1.54, 1.807) is 6.07 Å². The number of rotatable bonds is 2. The number of hydrogen-bond donors (Lipinski definition) is 1. The van der Waals surface area contributed by atoms with E-state index in [1.807, 2.05) is 6.07 Å². The first kappa shape index (κ1) is 10.3. The van der Waals surface area contributed by atoms with Gasteiger partial charge in [-0.1, -0.05) is 6.07 Å². The van der Waals surface area contributed by atoms with Crippen LogP contribution in [-0.4, -0.2) is 34.9 Å². The molecule has 13 heavy (non-hydrogen) atoms. The Bertz CT molecular complexity index is 323. The minimum absolute atomic E-state index is 0. The number of carboxylic acids is 1. The van der Waals surface area contributed by atoms with Gasteiger partial charge >= 0.3 is 5.97 Å². The summed E-state index contributed by atoms with van der Waals surface area (Å²) in [7, 11) is 0. The Morgan fingerprint density at radius 1 is 1.46 bits per heavy atom. The van der Waals surface area contributed by atoms with E-state index in [2.05, 4.69) is 4.98 Å². The van der Waals surface area contributed by atoms with Crippen molar-refractivity contribution in [2.45, 2.75) is 18.8 Å². The monoisotopic (exact) mass is 170 g/mol. The minimum atomic E-state index is -0.947. The Kier molecular flexibility index (Phi) is 3.13. The maximum absolute atomic E-state index is 10.5. The smallest absolute Gasteiger partial charge is 0.354 e. The summed E-state index contributed by atoms with van der Waals surface area (Å²) in [5, 5.41) is 8.65. The van der Waals surface area contributed by atoms with Gasteiger partial charge in [-0.25, -0.2) is 9.78 Å². The molecule has 0 atom stereocenters. The molecule has 0 amide bonds. The zero-order chi connectivity index (χ0) is 8.55. The molecule has 1 N–H and O–H groups in total. The molecular formula is C9H9LiNO2. The van der Waals surface area contributed by atoms with Gasteiger partial charge in [-0.05, 0) is 25.0 Å². The topological polar surface area (TPSA) is 50.2 Å². The maximum Gasteiger partial charge on any atom is 0.354 e. The normalized spacial score (nSPS) is 14.8. The van der Waals surface area contributed by atoms with E-state index < -0.39 is 5.97 Å². The molecule has 2 rings (SSSR count). The van der Waals surface area contributed by atoms with E-state index in [0.717, 1.165) is 18.5 Å². The van der Waals surface area contributed by atoms with Gasteiger partial charge in [0.05, 0.1) is 0 Å². The zero-order valence-corrected chi connectivity index (χ0v) is 7.53. The minimum Gasteiger partial charge on any atom is -0.477 e. The molecule has 1 fully saturated rings. The van der Waals surface area contributed by atoms with Crippen molar-refractivity contribution in [3.63, 3.8) is 0 Å². The Labute approximate surface area is 88.4 Å². The molecule has 1 aliphatic carbocycles. The standard InChI is InChI=1S/C9H9NO2.Li/c11-9(12)8-3-1-2-7(10-8)6-4-5-6;/h1-3,6H,4-5H2,(H,11,12);. The molecular weight excluding hydrogens is 161 g/mol. The van der Waals surface area contributed by atoms with Gasteiger partial charge in [0.2, 0.25) is 0 Å². The van der Waals surface area contributed by atoms with E-state index in [1.165, 1.54) is 6.07 Å². The van der Waals surface area contributed by atoms with Gasteiger partial charge in [0.25, 0.3) is 0 Å². The Balaban J connectivity index is 0.000000845. The third kappa shape index (κ3) is 2.33. The van der Waals surface area contributed by atoms with Gasteiger partial charge in [0.15, 0.2) is 0 Å². The van der Waals surface area contributed by atoms with E-state index in [4.69, 9.17) is 5.11 Å². The van der Waals surface area contributed by atoms with Crippen molar-refractivity contribution in [3.8, 4) is 0 Å². The molecule has 0 aliphatic heterocycles. The van der Waals surface area contributed by atoms with Crippen LogP contribution in [0.2, 0.25) is 0 Å². The van der Waals surface area contributed by atoms with Crippen molar-refractivity contribution in [2.75, 3.05) is 0 Å². The number of carbonyl (C=O) groups is 1. The third-order valence-corrected chi connectivity index (χ3v) is 1.99. The van der Waals surface area contributed by atoms with Gasteiger partial charge in [-0.3, -0.25) is 0 Å². The number of nitrogens with zero attached hydrogens (tertiary/aromatic N) is 1. The van der Waals surface area contributed by atoms with Crippen LogP contribution in [0, 0.1) is 0 Å². The van der Waals surface area contributed by atoms with Crippen LogP contribution in [0.4, 0.5) is 0 Å². The van der Waals surface area contributed by atoms with Gasteiger partial charge < -0.3 is 5.11 Å². The SMILES string of the molecule is O=C(O)c1cccc(C2CC2)n1.[Li]. The van der Waals surface area contributed by atoms with Gasteiger partial charge in [0, 0.05) is 30.5 Å². The largest absolute Gasteiger partial charge is 0.477 e. The molecule has 1 radical (unpaired) electrons. The zero-order valence-electron chi connectivity index (χ0n) is 7.53. The molecule has 0 aromatic carbocycles. The first-order chi connectivity index (χ1) is 5.77.